The molecule has 0 unspecified atom stereocenters. The van der Waals surface area contributed by atoms with Crippen LogP contribution in [0.25, 0.3) is 11.3 Å². The van der Waals surface area contributed by atoms with Crippen LogP contribution < -0.4 is 0 Å². The lowest BCUT2D eigenvalue weighted by atomic mass is 10.1. The van der Waals surface area contributed by atoms with Crippen molar-refractivity contribution < 1.29 is 9.18 Å². The van der Waals surface area contributed by atoms with E-state index in [1.807, 2.05) is 0 Å². The van der Waals surface area contributed by atoms with E-state index in [0.29, 0.717) is 11.4 Å². The predicted molar refractivity (Wildman–Crippen MR) is 59.6 cm³/mol. The third-order valence-corrected chi connectivity index (χ3v) is 2.25. The second kappa shape index (κ2) is 4.23. The molecule has 0 aliphatic carbocycles. The van der Waals surface area contributed by atoms with Crippen LogP contribution in [-0.2, 0) is 0 Å². The topological polar surface area (TPSA) is 30.0 Å². The molecular weight excluding hydrogens is 205 g/mol. The molecule has 0 aliphatic heterocycles. The first-order chi connectivity index (χ1) is 7.66. The van der Waals surface area contributed by atoms with Crippen molar-refractivity contribution in [1.82, 2.24) is 4.98 Å². The number of ketones is 1. The number of carbonyl (C=O) groups excluding carboxylic acids is 1. The molecule has 1 aromatic carbocycles. The smallest absolute Gasteiger partial charge is 0.178 e. The monoisotopic (exact) mass is 215 g/mol. The van der Waals surface area contributed by atoms with Gasteiger partial charge in [-0.2, -0.15) is 0 Å². The van der Waals surface area contributed by atoms with Gasteiger partial charge in [-0.15, -0.1) is 0 Å². The van der Waals surface area contributed by atoms with Crippen LogP contribution in [0.4, 0.5) is 4.39 Å². The van der Waals surface area contributed by atoms with Crippen molar-refractivity contribution in [2.24, 2.45) is 0 Å². The molecule has 16 heavy (non-hydrogen) atoms. The van der Waals surface area contributed by atoms with Gasteiger partial charge in [-0.05, 0) is 36.4 Å². The second-order valence-corrected chi connectivity index (χ2v) is 3.47. The van der Waals surface area contributed by atoms with E-state index in [9.17, 15) is 9.18 Å². The van der Waals surface area contributed by atoms with Gasteiger partial charge in [0.2, 0.25) is 0 Å². The molecule has 0 atom stereocenters. The Morgan fingerprint density at radius 2 is 1.81 bits per heavy atom. The summed E-state index contributed by atoms with van der Waals surface area (Å²) < 4.78 is 12.7. The third kappa shape index (κ3) is 2.14. The van der Waals surface area contributed by atoms with E-state index in [1.54, 1.807) is 30.3 Å². The number of hydrogen-bond donors (Lipinski definition) is 0. The Morgan fingerprint density at radius 3 is 2.44 bits per heavy atom. The molecule has 1 aromatic heterocycles. The van der Waals surface area contributed by atoms with Crippen LogP contribution >= 0.6 is 0 Å². The Kier molecular flexibility index (Phi) is 2.77. The average Bonchev–Trinajstić information content (AvgIpc) is 2.30. The molecule has 2 nitrogen and oxygen atoms in total. The first-order valence-electron chi connectivity index (χ1n) is 4.91. The molecule has 0 radical (unpaired) electrons. The summed E-state index contributed by atoms with van der Waals surface area (Å²) in [7, 11) is 0. The molecule has 2 aromatic rings. The van der Waals surface area contributed by atoms with Gasteiger partial charge in [0.05, 0.1) is 5.69 Å². The van der Waals surface area contributed by atoms with E-state index in [-0.39, 0.29) is 11.6 Å². The highest BCUT2D eigenvalue weighted by atomic mass is 19.1. The van der Waals surface area contributed by atoms with Gasteiger partial charge in [-0.25, -0.2) is 9.37 Å². The van der Waals surface area contributed by atoms with Crippen molar-refractivity contribution in [1.29, 1.82) is 0 Å². The molecular formula is C13H10FNO. The van der Waals surface area contributed by atoms with Crippen molar-refractivity contribution >= 4 is 5.78 Å². The summed E-state index contributed by atoms with van der Waals surface area (Å²) in [5.74, 6) is -0.365. The molecule has 0 spiro atoms. The van der Waals surface area contributed by atoms with E-state index in [2.05, 4.69) is 4.98 Å². The maximum Gasteiger partial charge on any atom is 0.178 e. The first kappa shape index (κ1) is 10.5. The van der Waals surface area contributed by atoms with Crippen LogP contribution in [0.3, 0.4) is 0 Å². The van der Waals surface area contributed by atoms with Crippen LogP contribution in [0, 0.1) is 5.82 Å². The van der Waals surface area contributed by atoms with Gasteiger partial charge in [-0.3, -0.25) is 4.79 Å². The lowest BCUT2D eigenvalue weighted by molar-refractivity contribution is 0.101. The molecule has 80 valence electrons. The fourth-order valence-corrected chi connectivity index (χ4v) is 1.41. The molecule has 0 N–H and O–H groups in total. The van der Waals surface area contributed by atoms with Crippen molar-refractivity contribution in [3.63, 3.8) is 0 Å². The quantitative estimate of drug-likeness (QED) is 0.720. The third-order valence-electron chi connectivity index (χ3n) is 2.25. The van der Waals surface area contributed by atoms with Crippen LogP contribution in [0.1, 0.15) is 17.4 Å². The maximum atomic E-state index is 12.7. The summed E-state index contributed by atoms with van der Waals surface area (Å²) in [4.78, 5) is 15.4. The minimum Gasteiger partial charge on any atom is -0.293 e. The van der Waals surface area contributed by atoms with Gasteiger partial charge in [-0.1, -0.05) is 6.07 Å². The number of Topliss-reactive ketones (excluding diaryl/α,β-unsaturated/α-hetero) is 1. The molecule has 0 saturated heterocycles. The molecule has 1 heterocycles. The summed E-state index contributed by atoms with van der Waals surface area (Å²) in [6.45, 7) is 1.47. The SMILES string of the molecule is CC(=O)c1cccc(-c2ccc(F)cc2)n1. The van der Waals surface area contributed by atoms with E-state index in [1.165, 1.54) is 19.1 Å². The van der Waals surface area contributed by atoms with Gasteiger partial charge >= 0.3 is 0 Å². The normalized spacial score (nSPS) is 10.1. The van der Waals surface area contributed by atoms with E-state index < -0.39 is 0 Å². The Balaban J connectivity index is 2.44. The Morgan fingerprint density at radius 1 is 1.12 bits per heavy atom. The highest BCUT2D eigenvalue weighted by molar-refractivity contribution is 5.92. The fraction of sp³-hybridized carbons (Fsp3) is 0.0769. The van der Waals surface area contributed by atoms with Gasteiger partial charge in [0.1, 0.15) is 11.5 Å². The highest BCUT2D eigenvalue weighted by Crippen LogP contribution is 2.17. The number of carbonyl (C=O) groups is 1. The number of hydrogen-bond acceptors (Lipinski definition) is 2. The van der Waals surface area contributed by atoms with Gasteiger partial charge < -0.3 is 0 Å². The van der Waals surface area contributed by atoms with Gasteiger partial charge in [0.25, 0.3) is 0 Å². The highest BCUT2D eigenvalue weighted by Gasteiger charge is 2.04. The molecule has 0 saturated carbocycles. The molecule has 0 bridgehead atoms. The molecule has 0 aliphatic rings. The second-order valence-electron chi connectivity index (χ2n) is 3.47. The minimum absolute atomic E-state index is 0.0797. The van der Waals surface area contributed by atoms with Crippen molar-refractivity contribution in [2.75, 3.05) is 0 Å². The number of halogens is 1. The summed E-state index contributed by atoms with van der Waals surface area (Å²) in [5, 5.41) is 0. The van der Waals surface area contributed by atoms with E-state index in [4.69, 9.17) is 0 Å². The lowest BCUT2D eigenvalue weighted by Crippen LogP contribution is -1.97. The largest absolute Gasteiger partial charge is 0.293 e. The first-order valence-corrected chi connectivity index (χ1v) is 4.91. The van der Waals surface area contributed by atoms with Crippen LogP contribution in [0.2, 0.25) is 0 Å². The maximum absolute atomic E-state index is 12.7. The summed E-state index contributed by atoms with van der Waals surface area (Å²) in [6, 6.07) is 11.2. The Bertz CT molecular complexity index is 520. The Labute approximate surface area is 92.8 Å². The zero-order valence-electron chi connectivity index (χ0n) is 8.77. The number of benzene rings is 1. The Hall–Kier alpha value is -2.03. The zero-order chi connectivity index (χ0) is 11.5. The summed E-state index contributed by atoms with van der Waals surface area (Å²) >= 11 is 0. The number of nitrogens with zero attached hydrogens (tertiary/aromatic N) is 1. The zero-order valence-corrected chi connectivity index (χ0v) is 8.77. The van der Waals surface area contributed by atoms with Gasteiger partial charge in [0, 0.05) is 12.5 Å². The predicted octanol–water partition coefficient (Wildman–Crippen LogP) is 3.09. The fourth-order valence-electron chi connectivity index (χ4n) is 1.41. The summed E-state index contributed by atoms with van der Waals surface area (Å²) in [6.07, 6.45) is 0. The molecule has 2 rings (SSSR count). The van der Waals surface area contributed by atoms with Crippen molar-refractivity contribution in [2.45, 2.75) is 6.92 Å². The van der Waals surface area contributed by atoms with Gasteiger partial charge in [0.15, 0.2) is 5.78 Å². The average molecular weight is 215 g/mol. The number of rotatable bonds is 2. The van der Waals surface area contributed by atoms with Crippen LogP contribution in [0.15, 0.2) is 42.5 Å². The van der Waals surface area contributed by atoms with Crippen molar-refractivity contribution in [3.8, 4) is 11.3 Å². The summed E-state index contributed by atoms with van der Waals surface area (Å²) in [5.41, 5.74) is 1.89. The van der Waals surface area contributed by atoms with E-state index >= 15 is 0 Å². The molecule has 0 amide bonds. The molecule has 3 heteroatoms. The standard InChI is InChI=1S/C13H10FNO/c1-9(16)12-3-2-4-13(15-12)10-5-7-11(14)8-6-10/h2-8H,1H3. The number of pyridine rings is 1. The van der Waals surface area contributed by atoms with Crippen LogP contribution in [0.5, 0.6) is 0 Å². The minimum atomic E-state index is -0.286. The van der Waals surface area contributed by atoms with E-state index in [0.717, 1.165) is 5.56 Å². The lowest BCUT2D eigenvalue weighted by Gasteiger charge is -2.02. The van der Waals surface area contributed by atoms with Crippen molar-refractivity contribution in [3.05, 3.63) is 54.0 Å². The number of aromatic nitrogens is 1. The molecule has 0 fully saturated rings. The van der Waals surface area contributed by atoms with Crippen LogP contribution in [-0.4, -0.2) is 10.8 Å².